The Balaban J connectivity index is 1.000. The second-order valence-corrected chi connectivity index (χ2v) is 19.5. The Labute approximate surface area is 341 Å². The number of hydrogen-bond acceptors (Lipinski definition) is 10. The van der Waals surface area contributed by atoms with E-state index in [-0.39, 0.29) is 91.3 Å². The number of ether oxygens (including phenoxy) is 2. The lowest BCUT2D eigenvalue weighted by Crippen LogP contribution is -2.70. The lowest BCUT2D eigenvalue weighted by Gasteiger charge is -2.62. The first-order chi connectivity index (χ1) is 27.2. The first-order valence-corrected chi connectivity index (χ1v) is 22.3. The standard InChI is InChI=1S/C43H63N5O8S/c1-6-7-16-55-17-18-56-37(53)20-27(23-45-47-44)19-34(50)39-26(3)24-57-41-38(40(54)48(39)41)46-36(52)13-8-25(2)31-11-12-32-30-10-9-28-21-29(49)14-15-42(28,4)33(30)22-35(51)43(31,32)5/h1,25,27-33,35,38,41,49,51H,7-24H2,2-5H3,(H,46,52)/t25-,27?,28-,29-,30+,31-,32+,33+,35+,38?,41?,42+,43-/m1/s1. The summed E-state index contributed by atoms with van der Waals surface area (Å²) in [6.45, 7) is 9.26. The molecule has 14 heteroatoms. The molecule has 0 aromatic carbocycles. The Kier molecular flexibility index (Phi) is 14.1. The summed E-state index contributed by atoms with van der Waals surface area (Å²) in [5.41, 5.74) is 9.94. The quantitative estimate of drug-likeness (QED) is 0.0304. The zero-order valence-corrected chi connectivity index (χ0v) is 35.0. The number of esters is 1. The van der Waals surface area contributed by atoms with E-state index >= 15 is 0 Å². The smallest absolute Gasteiger partial charge is 0.306 e. The highest BCUT2D eigenvalue weighted by Gasteiger charge is 2.64. The lowest BCUT2D eigenvalue weighted by molar-refractivity contribution is -0.175. The van der Waals surface area contributed by atoms with Crippen LogP contribution in [0, 0.1) is 64.6 Å². The molecule has 1 saturated heterocycles. The second-order valence-electron chi connectivity index (χ2n) is 18.4. The van der Waals surface area contributed by atoms with E-state index in [1.807, 2.05) is 0 Å². The van der Waals surface area contributed by atoms with E-state index < -0.39 is 23.3 Å². The van der Waals surface area contributed by atoms with E-state index in [4.69, 9.17) is 21.4 Å². The Bertz CT molecular complexity index is 1660. The van der Waals surface area contributed by atoms with Crippen LogP contribution in [0.1, 0.15) is 111 Å². The number of azide groups is 1. The molecule has 6 rings (SSSR count). The zero-order chi connectivity index (χ0) is 41.1. The van der Waals surface area contributed by atoms with Crippen molar-refractivity contribution in [1.82, 2.24) is 10.2 Å². The minimum atomic E-state index is -0.742. The van der Waals surface area contributed by atoms with Gasteiger partial charge in [0.2, 0.25) is 5.91 Å². The number of carbonyl (C=O) groups is 4. The van der Waals surface area contributed by atoms with Crippen molar-refractivity contribution in [3.05, 3.63) is 21.7 Å². The summed E-state index contributed by atoms with van der Waals surface area (Å²) < 4.78 is 10.5. The Morgan fingerprint density at radius 1 is 1.11 bits per heavy atom. The highest BCUT2D eigenvalue weighted by Crippen LogP contribution is 2.68. The molecule has 57 heavy (non-hydrogen) atoms. The van der Waals surface area contributed by atoms with Crippen LogP contribution in [0.4, 0.5) is 0 Å². The number of nitrogens with one attached hydrogen (secondary N) is 1. The van der Waals surface area contributed by atoms with E-state index in [0.717, 1.165) is 44.1 Å². The normalized spacial score (nSPS) is 36.5. The maximum atomic E-state index is 13.7. The maximum Gasteiger partial charge on any atom is 0.306 e. The van der Waals surface area contributed by atoms with Gasteiger partial charge >= 0.3 is 5.97 Å². The van der Waals surface area contributed by atoms with E-state index in [0.29, 0.717) is 54.8 Å². The minimum absolute atomic E-state index is 0.0286. The number of terminal acetylenes is 1. The summed E-state index contributed by atoms with van der Waals surface area (Å²) >= 11 is 1.50. The third kappa shape index (κ3) is 8.79. The first kappa shape index (κ1) is 43.5. The van der Waals surface area contributed by atoms with Gasteiger partial charge in [-0.2, -0.15) is 0 Å². The molecule has 13 atom stereocenters. The van der Waals surface area contributed by atoms with E-state index in [2.05, 4.69) is 42.0 Å². The molecule has 2 aliphatic heterocycles. The third-order valence-electron chi connectivity index (χ3n) is 15.3. The largest absolute Gasteiger partial charge is 0.463 e. The Morgan fingerprint density at radius 3 is 2.65 bits per heavy atom. The van der Waals surface area contributed by atoms with Gasteiger partial charge in [-0.1, -0.05) is 25.9 Å². The number of Topliss-reactive ketones (excluding diaryl/α,β-unsaturated/α-hetero) is 1. The first-order valence-electron chi connectivity index (χ1n) is 21.2. The third-order valence-corrected chi connectivity index (χ3v) is 16.7. The lowest BCUT2D eigenvalue weighted by atomic mass is 9.43. The van der Waals surface area contributed by atoms with Gasteiger partial charge in [-0.25, -0.2) is 0 Å². The molecule has 4 saturated carbocycles. The van der Waals surface area contributed by atoms with Gasteiger partial charge < -0.3 is 25.0 Å². The molecule has 3 N–H and O–H groups in total. The predicted molar refractivity (Wildman–Crippen MR) is 216 cm³/mol. The molecule has 2 amide bonds. The molecule has 0 aromatic rings. The number of nitrogens with zero attached hydrogens (tertiary/aromatic N) is 4. The topological polar surface area (TPSA) is 191 Å². The monoisotopic (exact) mass is 809 g/mol. The van der Waals surface area contributed by atoms with Crippen molar-refractivity contribution in [2.24, 2.45) is 57.4 Å². The molecular weight excluding hydrogens is 747 g/mol. The number of fused-ring (bicyclic) bond motifs is 6. The van der Waals surface area contributed by atoms with Crippen LogP contribution in [0.3, 0.4) is 0 Å². The molecule has 0 bridgehead atoms. The van der Waals surface area contributed by atoms with Crippen LogP contribution in [0.2, 0.25) is 0 Å². The molecule has 5 fully saturated rings. The zero-order valence-electron chi connectivity index (χ0n) is 34.2. The highest BCUT2D eigenvalue weighted by atomic mass is 32.2. The summed E-state index contributed by atoms with van der Waals surface area (Å²) in [5.74, 6) is 3.57. The fourth-order valence-corrected chi connectivity index (χ4v) is 13.6. The Morgan fingerprint density at radius 2 is 1.89 bits per heavy atom. The van der Waals surface area contributed by atoms with E-state index in [9.17, 15) is 29.4 Å². The fourth-order valence-electron chi connectivity index (χ4n) is 12.3. The number of ketones is 1. The molecular formula is C43H63N5O8S. The van der Waals surface area contributed by atoms with E-state index in [1.54, 1.807) is 6.92 Å². The molecule has 6 aliphatic rings. The van der Waals surface area contributed by atoms with Crippen molar-refractivity contribution in [2.45, 2.75) is 135 Å². The SMILES string of the molecule is C#CCCOCCOC(=O)CC(CN=[N+]=[N-])CC(=O)C1=C(C)CSC2C(NC(=O)CC[C@@H](C)[C@H]3CC[C@H]4[C@@H]5CC[C@@H]6C[C@H](O)CC[C@]6(C)[C@H]5C[C@H](O)[C@]34C)C(=O)N12. The van der Waals surface area contributed by atoms with Crippen molar-refractivity contribution >= 4 is 35.3 Å². The number of amides is 2. The number of allylic oxidation sites excluding steroid dienone is 1. The highest BCUT2D eigenvalue weighted by molar-refractivity contribution is 8.00. The van der Waals surface area contributed by atoms with Gasteiger partial charge in [-0.15, -0.1) is 24.1 Å². The number of rotatable bonds is 17. The van der Waals surface area contributed by atoms with Crippen molar-refractivity contribution in [2.75, 3.05) is 32.1 Å². The average Bonchev–Trinajstić information content (AvgIpc) is 3.55. The van der Waals surface area contributed by atoms with Gasteiger partial charge in [0.1, 0.15) is 18.0 Å². The van der Waals surface area contributed by atoms with Crippen LogP contribution in [0.25, 0.3) is 10.4 Å². The molecule has 3 unspecified atom stereocenters. The van der Waals surface area contributed by atoms with Crippen molar-refractivity contribution < 1.29 is 38.9 Å². The summed E-state index contributed by atoms with van der Waals surface area (Å²) in [7, 11) is 0. The summed E-state index contributed by atoms with van der Waals surface area (Å²) in [4.78, 5) is 57.5. The van der Waals surface area contributed by atoms with Crippen LogP contribution in [-0.4, -0.2) is 94.4 Å². The second kappa shape index (κ2) is 18.5. The van der Waals surface area contributed by atoms with Crippen molar-refractivity contribution in [3.8, 4) is 12.3 Å². The number of β-lactam (4-membered cyclic amide) rings is 1. The molecule has 2 heterocycles. The van der Waals surface area contributed by atoms with Crippen LogP contribution >= 0.6 is 11.8 Å². The van der Waals surface area contributed by atoms with Gasteiger partial charge in [-0.05, 0) is 128 Å². The van der Waals surface area contributed by atoms with Crippen LogP contribution in [-0.2, 0) is 28.7 Å². The molecule has 0 aromatic heterocycles. The molecule has 0 radical (unpaired) electrons. The summed E-state index contributed by atoms with van der Waals surface area (Å²) in [6, 6.07) is -0.742. The van der Waals surface area contributed by atoms with Gasteiger partial charge in [0.05, 0.1) is 31.1 Å². The number of aliphatic hydroxyl groups is 2. The van der Waals surface area contributed by atoms with Crippen molar-refractivity contribution in [1.29, 1.82) is 0 Å². The molecule has 4 aliphatic carbocycles. The van der Waals surface area contributed by atoms with Crippen LogP contribution in [0.5, 0.6) is 0 Å². The molecule has 314 valence electrons. The molecule has 0 spiro atoms. The van der Waals surface area contributed by atoms with Crippen LogP contribution < -0.4 is 5.32 Å². The summed E-state index contributed by atoms with van der Waals surface area (Å²) in [5, 5.41) is 28.5. The van der Waals surface area contributed by atoms with Gasteiger partial charge in [0, 0.05) is 42.9 Å². The summed E-state index contributed by atoms with van der Waals surface area (Å²) in [6.07, 6.45) is 13.9. The fraction of sp³-hybridized carbons (Fsp3) is 0.814. The number of thioether (sulfide) groups is 1. The predicted octanol–water partition coefficient (Wildman–Crippen LogP) is 5.93. The van der Waals surface area contributed by atoms with Gasteiger partial charge in [0.25, 0.3) is 5.91 Å². The van der Waals surface area contributed by atoms with Gasteiger partial charge in [0.15, 0.2) is 5.78 Å². The van der Waals surface area contributed by atoms with Crippen molar-refractivity contribution in [3.63, 3.8) is 0 Å². The number of carbonyl (C=O) groups excluding carboxylic acids is 4. The molecule has 13 nitrogen and oxygen atoms in total. The number of hydrogen-bond donors (Lipinski definition) is 3. The van der Waals surface area contributed by atoms with Crippen LogP contribution in [0.15, 0.2) is 16.4 Å². The van der Waals surface area contributed by atoms with Gasteiger partial charge in [-0.3, -0.25) is 24.1 Å². The Hall–Kier alpha value is -3.08. The number of aliphatic hydroxyl groups excluding tert-OH is 2. The average molecular weight is 810 g/mol. The maximum absolute atomic E-state index is 13.7. The minimum Gasteiger partial charge on any atom is -0.463 e. The van der Waals surface area contributed by atoms with E-state index in [1.165, 1.54) is 29.5 Å².